The number of benzene rings is 3. The summed E-state index contributed by atoms with van der Waals surface area (Å²) >= 11 is 0. The van der Waals surface area contributed by atoms with Crippen LogP contribution in [0.4, 0.5) is 0 Å². The van der Waals surface area contributed by atoms with E-state index in [9.17, 15) is 5.11 Å². The van der Waals surface area contributed by atoms with Crippen LogP contribution in [0.25, 0.3) is 5.65 Å². The summed E-state index contributed by atoms with van der Waals surface area (Å²) in [6.45, 7) is 4.23. The van der Waals surface area contributed by atoms with Gasteiger partial charge in [-0.2, -0.15) is 0 Å². The standard InChI is InChI=1S/C29H26N4O5/c1-16-6-5-7-17(2)27(16)37-14-24-31-28-26-25(18-8-11-21(35-3)23(12-18)36-4)20-10-9-19(34)13-22(20)38-29(26)30-15-33(28)32-24/h5-13,15,25,34H,14H2,1-4H3. The van der Waals surface area contributed by atoms with Crippen molar-refractivity contribution in [3.63, 3.8) is 0 Å². The first-order valence-electron chi connectivity index (χ1n) is 12.1. The Balaban J connectivity index is 1.48. The van der Waals surface area contributed by atoms with Crippen molar-refractivity contribution in [3.05, 3.63) is 94.6 Å². The predicted octanol–water partition coefficient (Wildman–Crippen LogP) is 5.33. The Bertz CT molecular complexity index is 1660. The highest BCUT2D eigenvalue weighted by molar-refractivity contribution is 5.67. The zero-order valence-corrected chi connectivity index (χ0v) is 21.4. The van der Waals surface area contributed by atoms with Crippen molar-refractivity contribution in [3.8, 4) is 34.6 Å². The van der Waals surface area contributed by atoms with Crippen LogP contribution >= 0.6 is 0 Å². The fraction of sp³-hybridized carbons (Fsp3) is 0.207. The first-order chi connectivity index (χ1) is 18.5. The molecule has 1 atom stereocenters. The fourth-order valence-corrected chi connectivity index (χ4v) is 4.95. The zero-order chi connectivity index (χ0) is 26.4. The van der Waals surface area contributed by atoms with Crippen molar-refractivity contribution in [2.75, 3.05) is 14.2 Å². The van der Waals surface area contributed by atoms with Crippen LogP contribution in [0.15, 0.2) is 60.9 Å². The van der Waals surface area contributed by atoms with E-state index < -0.39 is 0 Å². The first-order valence-corrected chi connectivity index (χ1v) is 12.1. The normalized spacial score (nSPS) is 13.9. The second-order valence-corrected chi connectivity index (χ2v) is 9.14. The van der Waals surface area contributed by atoms with Crippen LogP contribution in [0, 0.1) is 13.8 Å². The molecule has 3 heterocycles. The maximum absolute atomic E-state index is 10.1. The Labute approximate surface area is 219 Å². The van der Waals surface area contributed by atoms with Crippen LogP contribution in [0.1, 0.15) is 39.6 Å². The summed E-state index contributed by atoms with van der Waals surface area (Å²) in [6.07, 6.45) is 1.57. The van der Waals surface area contributed by atoms with Gasteiger partial charge in [-0.05, 0) is 48.7 Å². The van der Waals surface area contributed by atoms with E-state index in [4.69, 9.17) is 23.9 Å². The topological polar surface area (TPSA) is 100 Å². The number of aryl methyl sites for hydroxylation is 2. The lowest BCUT2D eigenvalue weighted by atomic mass is 9.83. The molecule has 0 radical (unpaired) electrons. The summed E-state index contributed by atoms with van der Waals surface area (Å²) in [5.74, 6) is 3.27. The molecule has 0 aliphatic carbocycles. The molecule has 0 spiro atoms. The summed E-state index contributed by atoms with van der Waals surface area (Å²) in [4.78, 5) is 9.39. The summed E-state index contributed by atoms with van der Waals surface area (Å²) in [7, 11) is 3.21. The number of fused-ring (bicyclic) bond motifs is 4. The largest absolute Gasteiger partial charge is 0.508 e. The number of phenolic OH excluding ortho intramolecular Hbond substituents is 1. The number of hydrogen-bond donors (Lipinski definition) is 1. The van der Waals surface area contributed by atoms with Gasteiger partial charge in [-0.3, -0.25) is 0 Å². The van der Waals surface area contributed by atoms with E-state index in [1.165, 1.54) is 0 Å². The third kappa shape index (κ3) is 3.92. The fourth-order valence-electron chi connectivity index (χ4n) is 4.95. The highest BCUT2D eigenvalue weighted by Gasteiger charge is 2.34. The highest BCUT2D eigenvalue weighted by atomic mass is 16.5. The molecule has 9 nitrogen and oxygen atoms in total. The number of aromatic hydroxyl groups is 1. The third-order valence-electron chi connectivity index (χ3n) is 6.73. The minimum Gasteiger partial charge on any atom is -0.508 e. The minimum absolute atomic E-state index is 0.104. The van der Waals surface area contributed by atoms with E-state index in [0.717, 1.165) is 33.6 Å². The molecule has 1 N–H and O–H groups in total. The quantitative estimate of drug-likeness (QED) is 0.321. The lowest BCUT2D eigenvalue weighted by Gasteiger charge is -2.28. The van der Waals surface area contributed by atoms with Crippen LogP contribution < -0.4 is 18.9 Å². The average molecular weight is 511 g/mol. The molecule has 0 bridgehead atoms. The van der Waals surface area contributed by atoms with E-state index in [-0.39, 0.29) is 18.3 Å². The third-order valence-corrected chi connectivity index (χ3v) is 6.73. The van der Waals surface area contributed by atoms with Crippen LogP contribution in [0.3, 0.4) is 0 Å². The maximum atomic E-state index is 10.1. The Hall–Kier alpha value is -4.79. The SMILES string of the molecule is COc1ccc(C2c3ccc(O)cc3Oc3ncn4nc(COc5c(C)cccc5C)nc4c32)cc1OC. The van der Waals surface area contributed by atoms with Gasteiger partial charge in [0.1, 0.15) is 30.2 Å². The van der Waals surface area contributed by atoms with Gasteiger partial charge in [-0.1, -0.05) is 30.3 Å². The second kappa shape index (κ2) is 9.26. The van der Waals surface area contributed by atoms with Crippen molar-refractivity contribution in [2.24, 2.45) is 0 Å². The van der Waals surface area contributed by atoms with Crippen molar-refractivity contribution in [1.29, 1.82) is 0 Å². The van der Waals surface area contributed by atoms with Crippen molar-refractivity contribution < 1.29 is 24.1 Å². The molecule has 5 aromatic rings. The average Bonchev–Trinajstić information content (AvgIpc) is 3.34. The maximum Gasteiger partial charge on any atom is 0.228 e. The lowest BCUT2D eigenvalue weighted by Crippen LogP contribution is -2.15. The van der Waals surface area contributed by atoms with Crippen LogP contribution in [-0.2, 0) is 6.61 Å². The van der Waals surface area contributed by atoms with Gasteiger partial charge >= 0.3 is 0 Å². The molecule has 3 aromatic carbocycles. The molecule has 6 rings (SSSR count). The zero-order valence-electron chi connectivity index (χ0n) is 21.4. The van der Waals surface area contributed by atoms with Crippen LogP contribution in [0.2, 0.25) is 0 Å². The van der Waals surface area contributed by atoms with E-state index in [1.54, 1.807) is 37.2 Å². The Morgan fingerprint density at radius 3 is 2.53 bits per heavy atom. The molecule has 1 aliphatic heterocycles. The predicted molar refractivity (Wildman–Crippen MR) is 140 cm³/mol. The number of rotatable bonds is 6. The van der Waals surface area contributed by atoms with Gasteiger partial charge in [0.15, 0.2) is 23.0 Å². The molecule has 1 aliphatic rings. The van der Waals surface area contributed by atoms with E-state index in [1.807, 2.05) is 56.3 Å². The molecule has 192 valence electrons. The van der Waals surface area contributed by atoms with Crippen LogP contribution in [-0.4, -0.2) is 38.9 Å². The second-order valence-electron chi connectivity index (χ2n) is 9.14. The molecule has 2 aromatic heterocycles. The Kier molecular flexibility index (Phi) is 5.75. The first kappa shape index (κ1) is 23.6. The molecule has 38 heavy (non-hydrogen) atoms. The Morgan fingerprint density at radius 1 is 0.974 bits per heavy atom. The Morgan fingerprint density at radius 2 is 1.76 bits per heavy atom. The highest BCUT2D eigenvalue weighted by Crippen LogP contribution is 2.49. The summed E-state index contributed by atoms with van der Waals surface area (Å²) < 4.78 is 24.9. The van der Waals surface area contributed by atoms with Gasteiger partial charge in [0.05, 0.1) is 19.8 Å². The van der Waals surface area contributed by atoms with Gasteiger partial charge in [-0.25, -0.2) is 14.5 Å². The van der Waals surface area contributed by atoms with Gasteiger partial charge in [0.2, 0.25) is 5.88 Å². The molecule has 0 fully saturated rings. The van der Waals surface area contributed by atoms with E-state index in [2.05, 4.69) is 10.1 Å². The van der Waals surface area contributed by atoms with Gasteiger partial charge in [0, 0.05) is 17.5 Å². The number of para-hydroxylation sites is 1. The number of methoxy groups -OCH3 is 2. The molecule has 0 amide bonds. The number of phenols is 1. The number of ether oxygens (including phenoxy) is 4. The molecule has 0 saturated carbocycles. The summed E-state index contributed by atoms with van der Waals surface area (Å²) in [5.41, 5.74) is 5.24. The number of aromatic nitrogens is 4. The molecule has 1 unspecified atom stereocenters. The molecular formula is C29H26N4O5. The van der Waals surface area contributed by atoms with E-state index in [0.29, 0.717) is 34.6 Å². The van der Waals surface area contributed by atoms with Crippen LogP contribution in [0.5, 0.6) is 34.6 Å². The number of hydrogen-bond acceptors (Lipinski definition) is 8. The summed E-state index contributed by atoms with van der Waals surface area (Å²) in [6, 6.07) is 16.9. The summed E-state index contributed by atoms with van der Waals surface area (Å²) in [5, 5.41) is 14.8. The molecule has 9 heteroatoms. The molecule has 0 saturated heterocycles. The lowest BCUT2D eigenvalue weighted by molar-refractivity contribution is 0.292. The van der Waals surface area contributed by atoms with E-state index >= 15 is 0 Å². The smallest absolute Gasteiger partial charge is 0.228 e. The monoisotopic (exact) mass is 510 g/mol. The van der Waals surface area contributed by atoms with Crippen molar-refractivity contribution in [2.45, 2.75) is 26.4 Å². The van der Waals surface area contributed by atoms with Crippen molar-refractivity contribution >= 4 is 5.65 Å². The minimum atomic E-state index is -0.318. The van der Waals surface area contributed by atoms with Gasteiger partial charge in [0.25, 0.3) is 0 Å². The van der Waals surface area contributed by atoms with Gasteiger partial charge < -0.3 is 24.1 Å². The molecular weight excluding hydrogens is 484 g/mol. The number of nitrogens with zero attached hydrogens (tertiary/aromatic N) is 4. The van der Waals surface area contributed by atoms with Crippen molar-refractivity contribution in [1.82, 2.24) is 19.6 Å². The van der Waals surface area contributed by atoms with Gasteiger partial charge in [-0.15, -0.1) is 5.10 Å².